The third kappa shape index (κ3) is 5.40. The second-order valence-electron chi connectivity index (χ2n) is 6.19. The fourth-order valence-electron chi connectivity index (χ4n) is 2.80. The maximum absolute atomic E-state index is 11.9. The van der Waals surface area contributed by atoms with E-state index < -0.39 is 0 Å². The number of anilines is 1. The molecule has 7 heteroatoms. The van der Waals surface area contributed by atoms with Gasteiger partial charge >= 0.3 is 5.97 Å². The van der Waals surface area contributed by atoms with Gasteiger partial charge in [0, 0.05) is 12.7 Å². The Hall–Kier alpha value is -3.19. The number of ether oxygens (including phenoxy) is 1. The van der Waals surface area contributed by atoms with E-state index >= 15 is 0 Å². The molecule has 0 saturated carbocycles. The van der Waals surface area contributed by atoms with Crippen molar-refractivity contribution in [2.75, 3.05) is 19.0 Å². The molecule has 3 rings (SSSR count). The van der Waals surface area contributed by atoms with Crippen LogP contribution in [-0.4, -0.2) is 34.5 Å². The van der Waals surface area contributed by atoms with E-state index in [4.69, 9.17) is 17.0 Å². The lowest BCUT2D eigenvalue weighted by Gasteiger charge is -2.09. The smallest absolute Gasteiger partial charge is 0.338 e. The largest absolute Gasteiger partial charge is 0.465 e. The first-order valence-electron chi connectivity index (χ1n) is 8.93. The second-order valence-corrected chi connectivity index (χ2v) is 6.60. The molecule has 3 aromatic rings. The van der Waals surface area contributed by atoms with E-state index in [1.807, 2.05) is 42.6 Å². The molecule has 1 aromatic heterocycles. The Labute approximate surface area is 169 Å². The van der Waals surface area contributed by atoms with Crippen molar-refractivity contribution in [2.45, 2.75) is 13.0 Å². The molecule has 144 valence electrons. The van der Waals surface area contributed by atoms with Gasteiger partial charge in [0.1, 0.15) is 0 Å². The number of rotatable bonds is 7. The average Bonchev–Trinajstić information content (AvgIpc) is 3.15. The Morgan fingerprint density at radius 3 is 2.68 bits per heavy atom. The van der Waals surface area contributed by atoms with Gasteiger partial charge in [0.25, 0.3) is 0 Å². The summed E-state index contributed by atoms with van der Waals surface area (Å²) in [6.45, 7) is 1.21. The van der Waals surface area contributed by atoms with Crippen molar-refractivity contribution in [3.8, 4) is 0 Å². The minimum atomic E-state index is -0.357. The summed E-state index contributed by atoms with van der Waals surface area (Å²) in [5.74, 6) is -0.357. The summed E-state index contributed by atoms with van der Waals surface area (Å²) in [5.41, 5.74) is 3.42. The monoisotopic (exact) mass is 394 g/mol. The molecule has 0 spiro atoms. The quantitative estimate of drug-likeness (QED) is 0.474. The van der Waals surface area contributed by atoms with Gasteiger partial charge in [0.2, 0.25) is 0 Å². The van der Waals surface area contributed by atoms with Crippen LogP contribution in [0.2, 0.25) is 0 Å². The van der Waals surface area contributed by atoms with E-state index in [9.17, 15) is 4.79 Å². The SMILES string of the molecule is COC(=O)c1ccccc1Cn1cc(NC(=S)NCCc2ccccc2)cn1. The molecule has 0 aliphatic carbocycles. The molecule has 0 unspecified atom stereocenters. The maximum atomic E-state index is 11.9. The predicted molar refractivity (Wildman–Crippen MR) is 113 cm³/mol. The van der Waals surface area contributed by atoms with Gasteiger partial charge in [-0.05, 0) is 35.8 Å². The third-order valence-electron chi connectivity index (χ3n) is 4.19. The van der Waals surface area contributed by atoms with Crippen LogP contribution in [0, 0.1) is 0 Å². The number of carbonyl (C=O) groups excluding carboxylic acids is 1. The van der Waals surface area contributed by atoms with E-state index in [0.29, 0.717) is 17.2 Å². The molecule has 0 saturated heterocycles. The minimum Gasteiger partial charge on any atom is -0.465 e. The molecule has 0 atom stereocenters. The number of carbonyl (C=O) groups is 1. The highest BCUT2D eigenvalue weighted by Crippen LogP contribution is 2.13. The van der Waals surface area contributed by atoms with Crippen molar-refractivity contribution in [3.05, 3.63) is 83.7 Å². The molecular formula is C21H22N4O2S. The normalized spacial score (nSPS) is 10.3. The average molecular weight is 395 g/mol. The molecule has 0 aliphatic rings. The topological polar surface area (TPSA) is 68.2 Å². The summed E-state index contributed by atoms with van der Waals surface area (Å²) in [6, 6.07) is 17.6. The molecular weight excluding hydrogens is 372 g/mol. The van der Waals surface area contributed by atoms with Crippen LogP contribution in [0.3, 0.4) is 0 Å². The zero-order valence-corrected chi connectivity index (χ0v) is 16.4. The first-order valence-corrected chi connectivity index (χ1v) is 9.34. The molecule has 1 heterocycles. The van der Waals surface area contributed by atoms with Crippen molar-refractivity contribution in [2.24, 2.45) is 0 Å². The fourth-order valence-corrected chi connectivity index (χ4v) is 3.02. The molecule has 0 radical (unpaired) electrons. The summed E-state index contributed by atoms with van der Waals surface area (Å²) >= 11 is 5.34. The second kappa shape index (κ2) is 9.66. The van der Waals surface area contributed by atoms with E-state index in [1.165, 1.54) is 12.7 Å². The lowest BCUT2D eigenvalue weighted by molar-refractivity contribution is 0.0599. The van der Waals surface area contributed by atoms with Crippen molar-refractivity contribution >= 4 is 29.0 Å². The van der Waals surface area contributed by atoms with Crippen molar-refractivity contribution in [1.29, 1.82) is 0 Å². The van der Waals surface area contributed by atoms with E-state index in [2.05, 4.69) is 27.9 Å². The molecule has 28 heavy (non-hydrogen) atoms. The van der Waals surface area contributed by atoms with Crippen LogP contribution < -0.4 is 10.6 Å². The Morgan fingerprint density at radius 1 is 1.14 bits per heavy atom. The predicted octanol–water partition coefficient (Wildman–Crippen LogP) is 3.25. The van der Waals surface area contributed by atoms with Gasteiger partial charge in [0.15, 0.2) is 5.11 Å². The number of nitrogens with zero attached hydrogens (tertiary/aromatic N) is 2. The number of nitrogens with one attached hydrogen (secondary N) is 2. The van der Waals surface area contributed by atoms with Gasteiger partial charge < -0.3 is 15.4 Å². The van der Waals surface area contributed by atoms with Crippen molar-refractivity contribution in [3.63, 3.8) is 0 Å². The Morgan fingerprint density at radius 2 is 1.89 bits per heavy atom. The number of thiocarbonyl (C=S) groups is 1. The van der Waals surface area contributed by atoms with E-state index in [1.54, 1.807) is 16.9 Å². The highest BCUT2D eigenvalue weighted by molar-refractivity contribution is 7.80. The lowest BCUT2D eigenvalue weighted by Crippen LogP contribution is -2.30. The Bertz CT molecular complexity index is 940. The van der Waals surface area contributed by atoms with Crippen molar-refractivity contribution in [1.82, 2.24) is 15.1 Å². The van der Waals surface area contributed by atoms with Crippen LogP contribution in [0.4, 0.5) is 5.69 Å². The van der Waals surface area contributed by atoms with Gasteiger partial charge in [-0.3, -0.25) is 4.68 Å². The van der Waals surface area contributed by atoms with Crippen LogP contribution in [0.1, 0.15) is 21.5 Å². The minimum absolute atomic E-state index is 0.357. The van der Waals surface area contributed by atoms with Crippen LogP contribution in [0.5, 0.6) is 0 Å². The highest BCUT2D eigenvalue weighted by atomic mass is 32.1. The number of hydrogen-bond donors (Lipinski definition) is 2. The summed E-state index contributed by atoms with van der Waals surface area (Å²) in [5, 5.41) is 11.2. The number of aromatic nitrogens is 2. The molecule has 2 N–H and O–H groups in total. The van der Waals surface area contributed by atoms with Gasteiger partial charge in [-0.15, -0.1) is 0 Å². The van der Waals surface area contributed by atoms with Crippen LogP contribution in [-0.2, 0) is 17.7 Å². The molecule has 6 nitrogen and oxygen atoms in total. The Balaban J connectivity index is 1.53. The summed E-state index contributed by atoms with van der Waals surface area (Å²) in [4.78, 5) is 11.9. The maximum Gasteiger partial charge on any atom is 0.338 e. The van der Waals surface area contributed by atoms with Gasteiger partial charge in [-0.2, -0.15) is 5.10 Å². The number of benzene rings is 2. The zero-order valence-electron chi connectivity index (χ0n) is 15.6. The van der Waals surface area contributed by atoms with Gasteiger partial charge in [-0.1, -0.05) is 48.5 Å². The van der Waals surface area contributed by atoms with Crippen molar-refractivity contribution < 1.29 is 9.53 Å². The standard InChI is InChI=1S/C21H22N4O2S/c1-27-20(26)19-10-6-5-9-17(19)14-25-15-18(13-23-25)24-21(28)22-12-11-16-7-3-2-4-8-16/h2-10,13,15H,11-12,14H2,1H3,(H2,22,24,28). The van der Waals surface area contributed by atoms with Gasteiger partial charge in [0.05, 0.1) is 31.1 Å². The molecule has 0 fully saturated rings. The van der Waals surface area contributed by atoms with Crippen LogP contribution in [0.25, 0.3) is 0 Å². The fraction of sp³-hybridized carbons (Fsp3) is 0.190. The number of esters is 1. The summed E-state index contributed by atoms with van der Waals surface area (Å²) in [7, 11) is 1.38. The molecule has 2 aromatic carbocycles. The van der Waals surface area contributed by atoms with E-state index in [0.717, 1.165) is 24.2 Å². The third-order valence-corrected chi connectivity index (χ3v) is 4.43. The number of hydrogen-bond acceptors (Lipinski definition) is 4. The van der Waals surface area contributed by atoms with Crippen LogP contribution >= 0.6 is 12.2 Å². The van der Waals surface area contributed by atoms with Crippen LogP contribution in [0.15, 0.2) is 67.0 Å². The summed E-state index contributed by atoms with van der Waals surface area (Å²) in [6.07, 6.45) is 4.44. The molecule has 0 amide bonds. The first kappa shape index (κ1) is 19.6. The first-order chi connectivity index (χ1) is 13.7. The summed E-state index contributed by atoms with van der Waals surface area (Å²) < 4.78 is 6.58. The zero-order chi connectivity index (χ0) is 19.8. The van der Waals surface area contributed by atoms with Gasteiger partial charge in [-0.25, -0.2) is 4.79 Å². The molecule has 0 bridgehead atoms. The molecule has 0 aliphatic heterocycles. The Kier molecular flexibility index (Phi) is 6.75. The van der Waals surface area contributed by atoms with E-state index in [-0.39, 0.29) is 5.97 Å². The highest BCUT2D eigenvalue weighted by Gasteiger charge is 2.11. The number of methoxy groups -OCH3 is 1. The lowest BCUT2D eigenvalue weighted by atomic mass is 10.1.